The van der Waals surface area contributed by atoms with Gasteiger partial charge in [-0.1, -0.05) is 6.07 Å². The number of fused-ring (bicyclic) bond motifs is 1. The van der Waals surface area contributed by atoms with Crippen LogP contribution in [-0.2, 0) is 11.3 Å². The van der Waals surface area contributed by atoms with Crippen molar-refractivity contribution in [3.63, 3.8) is 0 Å². The lowest BCUT2D eigenvalue weighted by Gasteiger charge is -2.14. The third kappa shape index (κ3) is 3.18. The number of benzene rings is 1. The molecule has 3 rings (SSSR count). The number of aryl methyl sites for hydroxylation is 1. The molecule has 1 aliphatic rings. The number of nitrogens with zero attached hydrogens (tertiary/aromatic N) is 2. The molecule has 0 saturated heterocycles. The maximum atomic E-state index is 12.2. The van der Waals surface area contributed by atoms with Crippen LogP contribution in [0.2, 0.25) is 0 Å². The number of rotatable bonds is 4. The van der Waals surface area contributed by atoms with Gasteiger partial charge in [0.25, 0.3) is 5.56 Å². The van der Waals surface area contributed by atoms with Crippen LogP contribution in [0.5, 0.6) is 11.5 Å². The zero-order valence-electron chi connectivity index (χ0n) is 12.9. The molecule has 7 nitrogen and oxygen atoms in total. The summed E-state index contributed by atoms with van der Waals surface area (Å²) in [5.74, 6) is 1.09. The molecule has 0 bridgehead atoms. The average molecular weight is 315 g/mol. The summed E-state index contributed by atoms with van der Waals surface area (Å²) in [6.07, 6.45) is 0. The monoisotopic (exact) mass is 315 g/mol. The smallest absolute Gasteiger partial charge is 0.267 e. The highest BCUT2D eigenvalue weighted by Crippen LogP contribution is 2.32. The molecule has 1 aliphatic heterocycles. The van der Waals surface area contributed by atoms with Crippen LogP contribution < -0.4 is 20.3 Å². The second-order valence-electron chi connectivity index (χ2n) is 5.34. The Bertz CT molecular complexity index is 800. The summed E-state index contributed by atoms with van der Waals surface area (Å²) < 4.78 is 11.7. The zero-order chi connectivity index (χ0) is 16.4. The summed E-state index contributed by atoms with van der Waals surface area (Å²) in [6, 6.07) is 7.83. The molecule has 120 valence electrons. The number of carbonyl (C=O) groups is 1. The van der Waals surface area contributed by atoms with Crippen LogP contribution in [-0.4, -0.2) is 22.5 Å². The van der Waals surface area contributed by atoms with Gasteiger partial charge >= 0.3 is 0 Å². The maximum Gasteiger partial charge on any atom is 0.267 e. The minimum atomic E-state index is -0.684. The molecule has 7 heteroatoms. The summed E-state index contributed by atoms with van der Waals surface area (Å²) in [5, 5.41) is 6.90. The Hall–Kier alpha value is -2.83. The molecule has 0 radical (unpaired) electrons. The molecule has 1 N–H and O–H groups in total. The first kappa shape index (κ1) is 15.1. The Morgan fingerprint density at radius 2 is 2.09 bits per heavy atom. The Labute approximate surface area is 132 Å². The van der Waals surface area contributed by atoms with Crippen molar-refractivity contribution in [1.29, 1.82) is 0 Å². The molecular weight excluding hydrogens is 298 g/mol. The summed E-state index contributed by atoms with van der Waals surface area (Å²) in [7, 11) is 0. The van der Waals surface area contributed by atoms with Gasteiger partial charge < -0.3 is 14.8 Å². The van der Waals surface area contributed by atoms with Gasteiger partial charge in [-0.3, -0.25) is 9.59 Å². The first-order chi connectivity index (χ1) is 11.0. The van der Waals surface area contributed by atoms with Crippen molar-refractivity contribution >= 4 is 5.91 Å². The van der Waals surface area contributed by atoms with E-state index in [0.717, 1.165) is 5.56 Å². The topological polar surface area (TPSA) is 82.5 Å². The molecule has 1 aromatic heterocycles. The Morgan fingerprint density at radius 1 is 1.30 bits per heavy atom. The van der Waals surface area contributed by atoms with E-state index in [9.17, 15) is 9.59 Å². The number of hydrogen-bond acceptors (Lipinski definition) is 5. The maximum absolute atomic E-state index is 12.2. The molecule has 0 spiro atoms. The van der Waals surface area contributed by atoms with E-state index in [-0.39, 0.29) is 18.3 Å². The van der Waals surface area contributed by atoms with Crippen LogP contribution in [0.1, 0.15) is 24.2 Å². The minimum Gasteiger partial charge on any atom is -0.454 e. The molecule has 1 amide bonds. The van der Waals surface area contributed by atoms with Crippen LogP contribution in [0.25, 0.3) is 0 Å². The van der Waals surface area contributed by atoms with E-state index in [0.29, 0.717) is 23.7 Å². The van der Waals surface area contributed by atoms with Gasteiger partial charge in [0.2, 0.25) is 12.7 Å². The van der Waals surface area contributed by atoms with E-state index >= 15 is 0 Å². The normalized spacial score (nSPS) is 13.7. The standard InChI is InChI=1S/C16H17N3O4/c1-10-3-6-15(20)19(18-10)11(2)16(21)17-8-12-4-5-13-14(7-12)23-9-22-13/h3-7,11H,8-9H2,1-2H3,(H,17,21)/t11-/m1/s1. The SMILES string of the molecule is Cc1ccc(=O)n([C@H](C)C(=O)NCc2ccc3c(c2)OCO3)n1. The van der Waals surface area contributed by atoms with Gasteiger partial charge in [0.1, 0.15) is 6.04 Å². The first-order valence-corrected chi connectivity index (χ1v) is 7.27. The fraction of sp³-hybridized carbons (Fsp3) is 0.312. The van der Waals surface area contributed by atoms with Crippen molar-refractivity contribution in [3.8, 4) is 11.5 Å². The predicted molar refractivity (Wildman–Crippen MR) is 82.4 cm³/mol. The van der Waals surface area contributed by atoms with E-state index < -0.39 is 6.04 Å². The van der Waals surface area contributed by atoms with E-state index in [1.807, 2.05) is 12.1 Å². The number of hydrogen-bond donors (Lipinski definition) is 1. The van der Waals surface area contributed by atoms with Crippen LogP contribution in [0.3, 0.4) is 0 Å². The largest absolute Gasteiger partial charge is 0.454 e. The van der Waals surface area contributed by atoms with Gasteiger partial charge in [-0.05, 0) is 37.6 Å². The minimum absolute atomic E-state index is 0.212. The molecule has 2 aromatic rings. The molecule has 0 unspecified atom stereocenters. The third-order valence-corrected chi connectivity index (χ3v) is 3.61. The highest BCUT2D eigenvalue weighted by molar-refractivity contribution is 5.79. The Kier molecular flexibility index (Phi) is 4.01. The molecule has 1 atom stereocenters. The second kappa shape index (κ2) is 6.12. The van der Waals surface area contributed by atoms with Crippen LogP contribution in [0.4, 0.5) is 0 Å². The van der Waals surface area contributed by atoms with Crippen molar-refractivity contribution in [2.24, 2.45) is 0 Å². The number of amides is 1. The zero-order valence-corrected chi connectivity index (χ0v) is 12.9. The van der Waals surface area contributed by atoms with E-state index in [4.69, 9.17) is 9.47 Å². The molecule has 1 aromatic carbocycles. The first-order valence-electron chi connectivity index (χ1n) is 7.27. The molecular formula is C16H17N3O4. The second-order valence-corrected chi connectivity index (χ2v) is 5.34. The quantitative estimate of drug-likeness (QED) is 0.915. The van der Waals surface area contributed by atoms with Gasteiger partial charge in [0.05, 0.1) is 5.69 Å². The highest BCUT2D eigenvalue weighted by Gasteiger charge is 2.18. The molecule has 0 aliphatic carbocycles. The Balaban J connectivity index is 1.67. The van der Waals surface area contributed by atoms with Crippen molar-refractivity contribution in [2.45, 2.75) is 26.4 Å². The molecule has 23 heavy (non-hydrogen) atoms. The van der Waals surface area contributed by atoms with Gasteiger partial charge in [-0.2, -0.15) is 5.10 Å². The Morgan fingerprint density at radius 3 is 2.91 bits per heavy atom. The van der Waals surface area contributed by atoms with Gasteiger partial charge in [0.15, 0.2) is 11.5 Å². The summed E-state index contributed by atoms with van der Waals surface area (Å²) in [5.41, 5.74) is 1.26. The fourth-order valence-corrected chi connectivity index (χ4v) is 2.30. The molecule has 0 fully saturated rings. The lowest BCUT2D eigenvalue weighted by Crippen LogP contribution is -2.36. The number of carbonyl (C=O) groups excluding carboxylic acids is 1. The van der Waals surface area contributed by atoms with Crippen molar-refractivity contribution < 1.29 is 14.3 Å². The van der Waals surface area contributed by atoms with Crippen molar-refractivity contribution in [1.82, 2.24) is 15.1 Å². The number of nitrogens with one attached hydrogen (secondary N) is 1. The van der Waals surface area contributed by atoms with Crippen molar-refractivity contribution in [3.05, 3.63) is 51.9 Å². The van der Waals surface area contributed by atoms with Crippen molar-refractivity contribution in [2.75, 3.05) is 6.79 Å². The molecule has 2 heterocycles. The summed E-state index contributed by atoms with van der Waals surface area (Å²) in [4.78, 5) is 24.1. The predicted octanol–water partition coefficient (Wildman–Crippen LogP) is 1.16. The van der Waals surface area contributed by atoms with Gasteiger partial charge in [-0.15, -0.1) is 0 Å². The summed E-state index contributed by atoms with van der Waals surface area (Å²) in [6.45, 7) is 3.96. The fourth-order valence-electron chi connectivity index (χ4n) is 2.30. The number of ether oxygens (including phenoxy) is 2. The van der Waals surface area contributed by atoms with Crippen LogP contribution in [0.15, 0.2) is 35.1 Å². The van der Waals surface area contributed by atoms with Crippen LogP contribution in [0, 0.1) is 6.92 Å². The summed E-state index contributed by atoms with van der Waals surface area (Å²) >= 11 is 0. The van der Waals surface area contributed by atoms with E-state index in [1.165, 1.54) is 10.7 Å². The van der Waals surface area contributed by atoms with Gasteiger partial charge in [-0.25, -0.2) is 4.68 Å². The van der Waals surface area contributed by atoms with E-state index in [1.54, 1.807) is 26.0 Å². The lowest BCUT2D eigenvalue weighted by molar-refractivity contribution is -0.124. The third-order valence-electron chi connectivity index (χ3n) is 3.61. The van der Waals surface area contributed by atoms with Gasteiger partial charge in [0, 0.05) is 12.6 Å². The lowest BCUT2D eigenvalue weighted by atomic mass is 10.2. The molecule has 0 saturated carbocycles. The average Bonchev–Trinajstić information content (AvgIpc) is 3.01. The number of aromatic nitrogens is 2. The highest BCUT2D eigenvalue weighted by atomic mass is 16.7. The van der Waals surface area contributed by atoms with Crippen LogP contribution >= 0.6 is 0 Å². The van der Waals surface area contributed by atoms with E-state index in [2.05, 4.69) is 10.4 Å².